The van der Waals surface area contributed by atoms with Crippen molar-refractivity contribution >= 4 is 44.1 Å². The zero-order chi connectivity index (χ0) is 24.9. The van der Waals surface area contributed by atoms with Crippen molar-refractivity contribution in [2.45, 2.75) is 33.2 Å². The van der Waals surface area contributed by atoms with Crippen molar-refractivity contribution in [3.8, 4) is 11.3 Å². The van der Waals surface area contributed by atoms with Gasteiger partial charge in [0, 0.05) is 16.3 Å². The van der Waals surface area contributed by atoms with Crippen LogP contribution >= 0.6 is 11.6 Å². The van der Waals surface area contributed by atoms with Gasteiger partial charge < -0.3 is 5.32 Å². The maximum atomic E-state index is 13.6. The van der Waals surface area contributed by atoms with Crippen molar-refractivity contribution in [2.75, 3.05) is 16.8 Å². The molecule has 1 unspecified atom stereocenters. The number of halogens is 1. The van der Waals surface area contributed by atoms with Gasteiger partial charge in [-0.2, -0.15) is 5.10 Å². The number of anilines is 1. The fourth-order valence-electron chi connectivity index (χ4n) is 4.51. The molecule has 180 valence electrons. The van der Waals surface area contributed by atoms with E-state index in [9.17, 15) is 13.2 Å². The van der Waals surface area contributed by atoms with Crippen LogP contribution in [0.2, 0.25) is 5.02 Å². The Balaban J connectivity index is 1.69. The number of carbonyl (C=O) groups excluding carboxylic acids is 1. The van der Waals surface area contributed by atoms with E-state index in [1.165, 1.54) is 0 Å². The third kappa shape index (κ3) is 4.56. The predicted molar refractivity (Wildman–Crippen MR) is 139 cm³/mol. The highest BCUT2D eigenvalue weighted by atomic mass is 35.5. The van der Waals surface area contributed by atoms with Crippen LogP contribution in [0.15, 0.2) is 48.5 Å². The van der Waals surface area contributed by atoms with Crippen molar-refractivity contribution in [2.24, 2.45) is 0 Å². The van der Waals surface area contributed by atoms with Gasteiger partial charge in [0.25, 0.3) is 5.91 Å². The average molecular weight is 509 g/mol. The molecule has 1 N–H and O–H groups in total. The number of hydrogen-bond acceptors (Lipinski definition) is 5. The number of aryl methyl sites for hydroxylation is 3. The molecule has 1 fully saturated rings. The average Bonchev–Trinajstić information content (AvgIpc) is 3.35. The molecule has 2 aromatic heterocycles. The summed E-state index contributed by atoms with van der Waals surface area (Å²) in [4.78, 5) is 18.5. The first-order valence-electron chi connectivity index (χ1n) is 11.4. The number of rotatable bonds is 4. The Kier molecular flexibility index (Phi) is 5.89. The molecule has 0 saturated carbocycles. The molecule has 9 heteroatoms. The maximum Gasteiger partial charge on any atom is 0.256 e. The molecule has 0 radical (unpaired) electrons. The lowest BCUT2D eigenvalue weighted by Gasteiger charge is -2.13. The maximum absolute atomic E-state index is 13.6. The molecule has 1 atom stereocenters. The summed E-state index contributed by atoms with van der Waals surface area (Å²) in [5, 5.41) is 8.78. The Morgan fingerprint density at radius 3 is 2.51 bits per heavy atom. The van der Waals surface area contributed by atoms with E-state index < -0.39 is 9.84 Å². The van der Waals surface area contributed by atoms with E-state index in [0.717, 1.165) is 16.7 Å². The lowest BCUT2D eigenvalue weighted by molar-refractivity contribution is 0.102. The molecule has 0 aliphatic carbocycles. The van der Waals surface area contributed by atoms with Crippen LogP contribution in [-0.2, 0) is 9.84 Å². The van der Waals surface area contributed by atoms with Crippen LogP contribution in [0.3, 0.4) is 0 Å². The first kappa shape index (κ1) is 23.5. The highest BCUT2D eigenvalue weighted by Gasteiger charge is 2.32. The zero-order valence-electron chi connectivity index (χ0n) is 19.7. The largest absolute Gasteiger partial charge is 0.322 e. The van der Waals surface area contributed by atoms with Gasteiger partial charge in [0.05, 0.1) is 39.9 Å². The summed E-state index contributed by atoms with van der Waals surface area (Å²) in [6, 6.07) is 14.7. The zero-order valence-corrected chi connectivity index (χ0v) is 21.2. The van der Waals surface area contributed by atoms with Crippen LogP contribution in [0.1, 0.15) is 39.6 Å². The molecule has 4 aromatic rings. The number of carbonyl (C=O) groups is 1. The fraction of sp³-hybridized carbons (Fsp3) is 0.269. The van der Waals surface area contributed by atoms with E-state index in [1.54, 1.807) is 22.9 Å². The lowest BCUT2D eigenvalue weighted by Crippen LogP contribution is -2.15. The molecule has 35 heavy (non-hydrogen) atoms. The molecule has 1 saturated heterocycles. The number of benzene rings is 2. The molecule has 2 aromatic carbocycles. The lowest BCUT2D eigenvalue weighted by atomic mass is 10.0. The Hall–Kier alpha value is -3.23. The summed E-state index contributed by atoms with van der Waals surface area (Å²) < 4.78 is 26.0. The first-order valence-corrected chi connectivity index (χ1v) is 13.6. The van der Waals surface area contributed by atoms with Crippen LogP contribution in [0.25, 0.3) is 22.3 Å². The molecule has 1 amide bonds. The van der Waals surface area contributed by atoms with E-state index in [0.29, 0.717) is 45.1 Å². The fourth-order valence-corrected chi connectivity index (χ4v) is 6.37. The minimum absolute atomic E-state index is 0.0168. The van der Waals surface area contributed by atoms with Gasteiger partial charge in [0.15, 0.2) is 15.5 Å². The van der Waals surface area contributed by atoms with Crippen LogP contribution < -0.4 is 5.32 Å². The third-order valence-electron chi connectivity index (χ3n) is 6.43. The topological polar surface area (TPSA) is 94.0 Å². The number of nitrogens with zero attached hydrogens (tertiary/aromatic N) is 3. The van der Waals surface area contributed by atoms with E-state index >= 15 is 0 Å². The highest BCUT2D eigenvalue weighted by molar-refractivity contribution is 7.91. The minimum atomic E-state index is -3.13. The molecule has 0 spiro atoms. The predicted octanol–water partition coefficient (Wildman–Crippen LogP) is 5.29. The first-order chi connectivity index (χ1) is 16.6. The van der Waals surface area contributed by atoms with Gasteiger partial charge in [-0.1, -0.05) is 47.5 Å². The standard InChI is InChI=1S/C26H25ClN4O3S/c1-15-4-7-18(8-5-15)23-13-21(26(32)29-22-12-19(27)9-6-16(22)2)24-17(3)30-31(25(24)28-23)20-10-11-35(33,34)14-20/h4-9,12-13,20H,10-11,14H2,1-3H3,(H,29,32). The van der Waals surface area contributed by atoms with E-state index in [2.05, 4.69) is 10.4 Å². The molecular weight excluding hydrogens is 484 g/mol. The summed E-state index contributed by atoms with van der Waals surface area (Å²) in [6.45, 7) is 5.72. The Morgan fingerprint density at radius 1 is 1.09 bits per heavy atom. The summed E-state index contributed by atoms with van der Waals surface area (Å²) in [7, 11) is -3.13. The van der Waals surface area contributed by atoms with Crippen LogP contribution in [0, 0.1) is 20.8 Å². The summed E-state index contributed by atoms with van der Waals surface area (Å²) >= 11 is 6.16. The SMILES string of the molecule is Cc1ccc(-c2cc(C(=O)Nc3cc(Cl)ccc3C)c3c(C)nn(C4CCS(=O)(=O)C4)c3n2)cc1. The molecule has 1 aliphatic rings. The minimum Gasteiger partial charge on any atom is -0.322 e. The number of sulfone groups is 1. The summed E-state index contributed by atoms with van der Waals surface area (Å²) in [6.07, 6.45) is 0.470. The van der Waals surface area contributed by atoms with Crippen molar-refractivity contribution in [1.82, 2.24) is 14.8 Å². The van der Waals surface area contributed by atoms with Crippen LogP contribution in [0.4, 0.5) is 5.69 Å². The highest BCUT2D eigenvalue weighted by Crippen LogP contribution is 2.33. The van der Waals surface area contributed by atoms with Gasteiger partial charge in [-0.3, -0.25) is 4.79 Å². The normalized spacial score (nSPS) is 17.1. The molecule has 5 rings (SSSR count). The molecule has 0 bridgehead atoms. The number of hydrogen-bond donors (Lipinski definition) is 1. The van der Waals surface area contributed by atoms with E-state index in [1.807, 2.05) is 51.1 Å². The van der Waals surface area contributed by atoms with Crippen LogP contribution in [-0.4, -0.2) is 40.6 Å². The summed E-state index contributed by atoms with van der Waals surface area (Å²) in [5.41, 5.74) is 5.65. The van der Waals surface area contributed by atoms with Gasteiger partial charge >= 0.3 is 0 Å². The second-order valence-corrected chi connectivity index (χ2v) is 11.8. The molecular formula is C26H25ClN4O3S. The quantitative estimate of drug-likeness (QED) is 0.404. The molecule has 7 nitrogen and oxygen atoms in total. The smallest absolute Gasteiger partial charge is 0.256 e. The number of fused-ring (bicyclic) bond motifs is 1. The van der Waals surface area contributed by atoms with Gasteiger partial charge in [-0.15, -0.1) is 0 Å². The third-order valence-corrected chi connectivity index (χ3v) is 8.42. The van der Waals surface area contributed by atoms with Gasteiger partial charge in [0.2, 0.25) is 0 Å². The molecule has 3 heterocycles. The monoisotopic (exact) mass is 508 g/mol. The van der Waals surface area contributed by atoms with Crippen molar-refractivity contribution < 1.29 is 13.2 Å². The number of pyridine rings is 1. The van der Waals surface area contributed by atoms with Crippen molar-refractivity contribution in [3.63, 3.8) is 0 Å². The van der Waals surface area contributed by atoms with Gasteiger partial charge in [-0.05, 0) is 51.0 Å². The van der Waals surface area contributed by atoms with Crippen molar-refractivity contribution in [3.05, 3.63) is 75.9 Å². The Labute approximate surface area is 209 Å². The number of aromatic nitrogens is 3. The van der Waals surface area contributed by atoms with E-state index in [4.69, 9.17) is 16.6 Å². The second-order valence-electron chi connectivity index (χ2n) is 9.12. The Bertz CT molecular complexity index is 1580. The Morgan fingerprint density at radius 2 is 1.83 bits per heavy atom. The second kappa shape index (κ2) is 8.77. The van der Waals surface area contributed by atoms with Gasteiger partial charge in [0.1, 0.15) is 0 Å². The summed E-state index contributed by atoms with van der Waals surface area (Å²) in [5.74, 6) is -0.169. The van der Waals surface area contributed by atoms with Crippen molar-refractivity contribution in [1.29, 1.82) is 0 Å². The number of amides is 1. The number of nitrogens with one attached hydrogen (secondary N) is 1. The molecule has 1 aliphatic heterocycles. The van der Waals surface area contributed by atoms with Crippen LogP contribution in [0.5, 0.6) is 0 Å². The van der Waals surface area contributed by atoms with Gasteiger partial charge in [-0.25, -0.2) is 18.1 Å². The van der Waals surface area contributed by atoms with E-state index in [-0.39, 0.29) is 23.5 Å².